The van der Waals surface area contributed by atoms with Gasteiger partial charge in [-0.15, -0.1) is 0 Å². The van der Waals surface area contributed by atoms with Gasteiger partial charge in [0.2, 0.25) is 0 Å². The van der Waals surface area contributed by atoms with Gasteiger partial charge in [0, 0.05) is 20.0 Å². The van der Waals surface area contributed by atoms with E-state index in [0.29, 0.717) is 12.2 Å². The number of methoxy groups -OCH3 is 1. The van der Waals surface area contributed by atoms with Crippen LogP contribution in [0.15, 0.2) is 0 Å². The molecule has 0 aliphatic heterocycles. The molecule has 2 heteroatoms. The molecule has 0 rings (SSSR count). The van der Waals surface area contributed by atoms with Gasteiger partial charge < -0.3 is 4.74 Å². The summed E-state index contributed by atoms with van der Waals surface area (Å²) in [5.41, 5.74) is 0. The standard InChI is InChI=1S/C9H18O2/c1-4-5-9(10)7-6-8(2)11-3/h8H,4-7H2,1-3H3. The normalized spacial score (nSPS) is 13.0. The van der Waals surface area contributed by atoms with E-state index in [9.17, 15) is 4.79 Å². The largest absolute Gasteiger partial charge is 0.382 e. The molecule has 2 nitrogen and oxygen atoms in total. The molecule has 0 fully saturated rings. The van der Waals surface area contributed by atoms with Crippen LogP contribution in [0.1, 0.15) is 39.5 Å². The molecule has 0 radical (unpaired) electrons. The second-order valence-electron chi connectivity index (χ2n) is 2.87. The van der Waals surface area contributed by atoms with Gasteiger partial charge in [-0.1, -0.05) is 6.92 Å². The third-order valence-corrected chi connectivity index (χ3v) is 1.76. The Bertz CT molecular complexity index is 110. The molecule has 0 saturated carbocycles. The lowest BCUT2D eigenvalue weighted by atomic mass is 10.1. The van der Waals surface area contributed by atoms with E-state index in [4.69, 9.17) is 4.74 Å². The number of hydrogen-bond acceptors (Lipinski definition) is 2. The minimum Gasteiger partial charge on any atom is -0.382 e. The average Bonchev–Trinajstić information content (AvgIpc) is 2.01. The predicted octanol–water partition coefficient (Wildman–Crippen LogP) is 2.17. The fraction of sp³-hybridized carbons (Fsp3) is 0.889. The number of rotatable bonds is 6. The van der Waals surface area contributed by atoms with Gasteiger partial charge in [0.1, 0.15) is 5.78 Å². The van der Waals surface area contributed by atoms with E-state index in [1.54, 1.807) is 7.11 Å². The highest BCUT2D eigenvalue weighted by atomic mass is 16.5. The SMILES string of the molecule is CCCC(=O)CCC(C)OC. The van der Waals surface area contributed by atoms with Crippen LogP contribution in [0, 0.1) is 0 Å². The zero-order valence-corrected chi connectivity index (χ0v) is 7.72. The molecule has 0 saturated heterocycles. The minimum atomic E-state index is 0.218. The molecule has 0 bridgehead atoms. The molecule has 1 unspecified atom stereocenters. The van der Waals surface area contributed by atoms with E-state index in [-0.39, 0.29) is 6.10 Å². The third-order valence-electron chi connectivity index (χ3n) is 1.76. The Kier molecular flexibility index (Phi) is 6.13. The zero-order valence-electron chi connectivity index (χ0n) is 7.72. The summed E-state index contributed by atoms with van der Waals surface area (Å²) in [5, 5.41) is 0. The average molecular weight is 158 g/mol. The lowest BCUT2D eigenvalue weighted by molar-refractivity contribution is -0.119. The van der Waals surface area contributed by atoms with Crippen LogP contribution < -0.4 is 0 Å². The maximum atomic E-state index is 11.0. The summed E-state index contributed by atoms with van der Waals surface area (Å²) >= 11 is 0. The quantitative estimate of drug-likeness (QED) is 0.592. The molecular weight excluding hydrogens is 140 g/mol. The first-order valence-corrected chi connectivity index (χ1v) is 4.25. The Balaban J connectivity index is 3.30. The van der Waals surface area contributed by atoms with Crippen LogP contribution in [0.5, 0.6) is 0 Å². The van der Waals surface area contributed by atoms with Crippen molar-refractivity contribution in [2.75, 3.05) is 7.11 Å². The van der Waals surface area contributed by atoms with Gasteiger partial charge in [-0.05, 0) is 19.8 Å². The summed E-state index contributed by atoms with van der Waals surface area (Å²) in [6.45, 7) is 4.01. The zero-order chi connectivity index (χ0) is 8.69. The molecule has 0 aromatic carbocycles. The number of Topliss-reactive ketones (excluding diaryl/α,β-unsaturated/α-hetero) is 1. The number of hydrogen-bond donors (Lipinski definition) is 0. The minimum absolute atomic E-state index is 0.218. The fourth-order valence-corrected chi connectivity index (χ4v) is 0.886. The van der Waals surface area contributed by atoms with E-state index >= 15 is 0 Å². The molecule has 0 aliphatic rings. The molecule has 0 heterocycles. The van der Waals surface area contributed by atoms with Crippen LogP contribution in [0.25, 0.3) is 0 Å². The Morgan fingerprint density at radius 3 is 2.55 bits per heavy atom. The maximum Gasteiger partial charge on any atom is 0.132 e. The second kappa shape index (κ2) is 6.35. The first-order chi connectivity index (χ1) is 5.20. The van der Waals surface area contributed by atoms with Gasteiger partial charge in [0.15, 0.2) is 0 Å². The highest BCUT2D eigenvalue weighted by Gasteiger charge is 2.03. The highest BCUT2D eigenvalue weighted by molar-refractivity contribution is 5.78. The van der Waals surface area contributed by atoms with E-state index in [1.165, 1.54) is 0 Å². The van der Waals surface area contributed by atoms with Crippen molar-refractivity contribution in [1.82, 2.24) is 0 Å². The van der Waals surface area contributed by atoms with Crippen LogP contribution in [-0.2, 0) is 9.53 Å². The summed E-state index contributed by atoms with van der Waals surface area (Å²) in [4.78, 5) is 11.0. The van der Waals surface area contributed by atoms with Crippen LogP contribution in [0.3, 0.4) is 0 Å². The van der Waals surface area contributed by atoms with Gasteiger partial charge in [-0.3, -0.25) is 4.79 Å². The molecule has 11 heavy (non-hydrogen) atoms. The summed E-state index contributed by atoms with van der Waals surface area (Å²) in [7, 11) is 1.68. The number of ketones is 1. The van der Waals surface area contributed by atoms with Crippen LogP contribution in [-0.4, -0.2) is 19.0 Å². The Labute approximate surface area is 68.9 Å². The summed E-state index contributed by atoms with van der Waals surface area (Å²) in [6.07, 6.45) is 3.42. The Hall–Kier alpha value is -0.370. The Morgan fingerprint density at radius 2 is 2.09 bits per heavy atom. The Morgan fingerprint density at radius 1 is 1.45 bits per heavy atom. The summed E-state index contributed by atoms with van der Waals surface area (Å²) < 4.78 is 5.03. The van der Waals surface area contributed by atoms with Crippen molar-refractivity contribution in [2.45, 2.75) is 45.6 Å². The highest BCUT2D eigenvalue weighted by Crippen LogP contribution is 2.03. The lowest BCUT2D eigenvalue weighted by Crippen LogP contribution is -2.07. The van der Waals surface area contributed by atoms with Crippen LogP contribution in [0.2, 0.25) is 0 Å². The molecule has 0 aromatic heterocycles. The van der Waals surface area contributed by atoms with E-state index in [1.807, 2.05) is 13.8 Å². The van der Waals surface area contributed by atoms with Crippen molar-refractivity contribution in [3.63, 3.8) is 0 Å². The first-order valence-electron chi connectivity index (χ1n) is 4.25. The topological polar surface area (TPSA) is 26.3 Å². The van der Waals surface area contributed by atoms with E-state index in [2.05, 4.69) is 0 Å². The third kappa shape index (κ3) is 6.05. The number of carbonyl (C=O) groups is 1. The van der Waals surface area contributed by atoms with Crippen molar-refractivity contribution in [1.29, 1.82) is 0 Å². The molecule has 0 spiro atoms. The first kappa shape index (κ1) is 10.6. The lowest BCUT2D eigenvalue weighted by Gasteiger charge is -2.07. The number of carbonyl (C=O) groups excluding carboxylic acids is 1. The second-order valence-corrected chi connectivity index (χ2v) is 2.87. The van der Waals surface area contributed by atoms with Gasteiger partial charge in [-0.25, -0.2) is 0 Å². The van der Waals surface area contributed by atoms with E-state index < -0.39 is 0 Å². The molecule has 0 amide bonds. The molecule has 1 atom stereocenters. The van der Waals surface area contributed by atoms with Gasteiger partial charge in [0.25, 0.3) is 0 Å². The smallest absolute Gasteiger partial charge is 0.132 e. The molecule has 0 N–H and O–H groups in total. The van der Waals surface area contributed by atoms with E-state index in [0.717, 1.165) is 19.3 Å². The fourth-order valence-electron chi connectivity index (χ4n) is 0.886. The molecule has 0 aliphatic carbocycles. The van der Waals surface area contributed by atoms with Crippen molar-refractivity contribution >= 4 is 5.78 Å². The summed E-state index contributed by atoms with van der Waals surface area (Å²) in [6, 6.07) is 0. The molecule has 66 valence electrons. The van der Waals surface area contributed by atoms with Crippen molar-refractivity contribution in [3.05, 3.63) is 0 Å². The van der Waals surface area contributed by atoms with Gasteiger partial charge >= 0.3 is 0 Å². The molecule has 0 aromatic rings. The molecular formula is C9H18O2. The maximum absolute atomic E-state index is 11.0. The predicted molar refractivity (Wildman–Crippen MR) is 45.6 cm³/mol. The van der Waals surface area contributed by atoms with Gasteiger partial charge in [-0.2, -0.15) is 0 Å². The van der Waals surface area contributed by atoms with Crippen molar-refractivity contribution in [3.8, 4) is 0 Å². The monoisotopic (exact) mass is 158 g/mol. The number of ether oxygens (including phenoxy) is 1. The van der Waals surface area contributed by atoms with Crippen LogP contribution >= 0.6 is 0 Å². The van der Waals surface area contributed by atoms with Crippen molar-refractivity contribution in [2.24, 2.45) is 0 Å². The summed E-state index contributed by atoms with van der Waals surface area (Å²) in [5.74, 6) is 0.358. The van der Waals surface area contributed by atoms with Crippen LogP contribution in [0.4, 0.5) is 0 Å². The van der Waals surface area contributed by atoms with Crippen molar-refractivity contribution < 1.29 is 9.53 Å². The van der Waals surface area contributed by atoms with Gasteiger partial charge in [0.05, 0.1) is 6.10 Å².